The van der Waals surface area contributed by atoms with Crippen molar-refractivity contribution in [3.63, 3.8) is 0 Å². The van der Waals surface area contributed by atoms with E-state index in [2.05, 4.69) is 77.8 Å². The maximum atomic E-state index is 12.9. The molecular weight excluding hydrogens is 1670 g/mol. The highest BCUT2D eigenvalue weighted by molar-refractivity contribution is 14.1. The molecule has 0 bridgehead atoms. The number of carboxylic acid groups (broad SMARTS) is 1. The monoisotopic (exact) mass is 1750 g/mol. The zero-order valence-corrected chi connectivity index (χ0v) is 64.5. The standard InChI is InChI=1S/C21H21NO4.C17H20INO4.C17H14O5.C14H15NO4.C5H9NO2.C3H6I2/c1-25-19-12-16-15(10-18(23)17-8-5-9-22(17)21(16)24)11-20(19)26-13-14-6-3-2-4-7-14;1-22-15-10-12-11(9-16(15)23-7-3-5-18)8-14(20)13-4-2-6-19(13)17(12)21;1-20-14-9-13-12(8-16(18)22-17(13)19)7-15(14)21-10-11-5-3-2-4-6-11;1-19-13-7-9-8(6-12(13)17)5-11(16)10-3-2-4-15(10)14(9)18;7-5(8)4-2-1-3-6-4;4-2-1-3-5/h2-4,6-7,11-12,17H,5,8-10,13H2,1H3;9-10,13H,2-8H2,1H3;2-7,9H,8,10H2,1H3;6-7,10,17H,2-5H2,1H3;4,6H,1-3H2,(H,7,8);1-3H2/t17-;13-;;10-;4-;/m00.00./s1. The van der Waals surface area contributed by atoms with Crippen LogP contribution in [0.3, 0.4) is 0 Å². The molecule has 0 aromatic heterocycles. The number of cyclic esters (lactones) is 2. The minimum atomic E-state index is -0.720. The van der Waals surface area contributed by atoms with Crippen LogP contribution in [0.1, 0.15) is 139 Å². The van der Waals surface area contributed by atoms with Crippen LogP contribution in [0.15, 0.2) is 109 Å². The highest BCUT2D eigenvalue weighted by Gasteiger charge is 2.42. The Morgan fingerprint density at radius 2 is 0.864 bits per heavy atom. The van der Waals surface area contributed by atoms with Gasteiger partial charge >= 0.3 is 17.9 Å². The maximum Gasteiger partial charge on any atom is 0.346 e. The van der Waals surface area contributed by atoms with Gasteiger partial charge in [-0.15, -0.1) is 0 Å². The molecule has 3 N–H and O–H groups in total. The molecule has 0 unspecified atom stereocenters. The van der Waals surface area contributed by atoms with E-state index in [4.69, 9.17) is 38.3 Å². The van der Waals surface area contributed by atoms with Gasteiger partial charge in [-0.25, -0.2) is 4.79 Å². The van der Waals surface area contributed by atoms with E-state index < -0.39 is 17.9 Å². The van der Waals surface area contributed by atoms with Gasteiger partial charge in [-0.1, -0.05) is 128 Å². The number of carbonyl (C=O) groups excluding carboxylic acids is 8. The number of amides is 3. The number of alkyl halides is 3. The predicted octanol–water partition coefficient (Wildman–Crippen LogP) is 11.3. The van der Waals surface area contributed by atoms with Crippen LogP contribution in [-0.2, 0) is 67.6 Å². The van der Waals surface area contributed by atoms with E-state index in [1.54, 1.807) is 65.3 Å². The minimum Gasteiger partial charge on any atom is -0.504 e. The number of nitrogens with one attached hydrogen (secondary N) is 1. The van der Waals surface area contributed by atoms with E-state index in [-0.39, 0.29) is 96.4 Å². The number of hydrogen-bond acceptors (Lipinski definition) is 19. The van der Waals surface area contributed by atoms with Crippen molar-refractivity contribution in [2.75, 3.05) is 74.5 Å². The molecule has 0 saturated carbocycles. The van der Waals surface area contributed by atoms with Gasteiger partial charge in [0.05, 0.1) is 65.2 Å². The fraction of sp³-hybridized carbons (Fsp3) is 0.416. The Hall–Kier alpha value is -8.10. The average molecular weight is 1750 g/mol. The Balaban J connectivity index is 0.000000151. The molecule has 8 heterocycles. The number of benzene rings is 6. The van der Waals surface area contributed by atoms with Crippen LogP contribution >= 0.6 is 67.8 Å². The zero-order chi connectivity index (χ0) is 73.7. The number of carbonyl (C=O) groups is 9. The van der Waals surface area contributed by atoms with E-state index >= 15 is 0 Å². The van der Waals surface area contributed by atoms with Crippen LogP contribution in [0.2, 0.25) is 0 Å². The van der Waals surface area contributed by atoms with E-state index in [1.807, 2.05) is 60.7 Å². The minimum absolute atomic E-state index is 0.0380. The summed E-state index contributed by atoms with van der Waals surface area (Å²) in [5.74, 6) is 1.44. The van der Waals surface area contributed by atoms with Crippen molar-refractivity contribution >= 4 is 121 Å². The van der Waals surface area contributed by atoms with Gasteiger partial charge in [0.2, 0.25) is 0 Å². The van der Waals surface area contributed by atoms with Gasteiger partial charge in [-0.2, -0.15) is 0 Å². The largest absolute Gasteiger partial charge is 0.504 e. The number of esters is 2. The number of aliphatic carboxylic acids is 1. The first kappa shape index (κ1) is 79.0. The van der Waals surface area contributed by atoms with Crippen molar-refractivity contribution in [2.45, 2.75) is 127 Å². The number of ether oxygens (including phenoxy) is 8. The van der Waals surface area contributed by atoms with E-state index in [0.717, 1.165) is 91.0 Å². The van der Waals surface area contributed by atoms with Gasteiger partial charge in [-0.05, 0) is 153 Å². The van der Waals surface area contributed by atoms with Crippen LogP contribution in [-0.4, -0.2) is 177 Å². The van der Waals surface area contributed by atoms with Crippen LogP contribution in [0.4, 0.5) is 0 Å². The Bertz CT molecular complexity index is 4040. The van der Waals surface area contributed by atoms with Gasteiger partial charge < -0.3 is 68.1 Å². The molecule has 0 aliphatic carbocycles. The Morgan fingerprint density at radius 3 is 1.23 bits per heavy atom. The van der Waals surface area contributed by atoms with Crippen molar-refractivity contribution in [3.05, 3.63) is 165 Å². The number of phenols is 1. The van der Waals surface area contributed by atoms with Crippen LogP contribution in [0, 0.1) is 0 Å². The van der Waals surface area contributed by atoms with E-state index in [0.29, 0.717) is 107 Å². The number of methoxy groups -OCH3 is 4. The quantitative estimate of drug-likeness (QED) is 0.0251. The van der Waals surface area contributed by atoms with Gasteiger partial charge in [-0.3, -0.25) is 38.4 Å². The fourth-order valence-electron chi connectivity index (χ4n) is 13.2. The molecule has 103 heavy (non-hydrogen) atoms. The second-order valence-corrected chi connectivity index (χ2v) is 28.4. The van der Waals surface area contributed by atoms with Crippen molar-refractivity contribution in [2.24, 2.45) is 0 Å². The first-order chi connectivity index (χ1) is 49.8. The lowest BCUT2D eigenvalue weighted by Gasteiger charge is -2.21. The molecule has 0 spiro atoms. The number of rotatable bonds is 17. The number of hydrogen-bond donors (Lipinski definition) is 3. The number of Topliss-reactive ketones (excluding diaryl/α,β-unsaturated/α-hetero) is 3. The molecule has 4 saturated heterocycles. The molecule has 4 fully saturated rings. The molecule has 26 heteroatoms. The molecule has 14 rings (SSSR count). The number of ketones is 3. The predicted molar refractivity (Wildman–Crippen MR) is 408 cm³/mol. The summed E-state index contributed by atoms with van der Waals surface area (Å²) in [5, 5.41) is 21.0. The normalized spacial score (nSPS) is 18.8. The summed E-state index contributed by atoms with van der Waals surface area (Å²) in [6, 6.07) is 31.6. The molecule has 8 aliphatic rings. The lowest BCUT2D eigenvalue weighted by molar-refractivity contribution is -0.139. The number of aromatic hydroxyl groups is 1. The van der Waals surface area contributed by atoms with Crippen molar-refractivity contribution < 1.29 is 91.3 Å². The van der Waals surface area contributed by atoms with Gasteiger partial charge in [0, 0.05) is 68.9 Å². The molecule has 23 nitrogen and oxygen atoms in total. The van der Waals surface area contributed by atoms with Crippen molar-refractivity contribution in [3.8, 4) is 46.0 Å². The topological polar surface area (TPSA) is 290 Å². The third-order valence-corrected chi connectivity index (χ3v) is 20.7. The summed E-state index contributed by atoms with van der Waals surface area (Å²) >= 11 is 7.07. The number of fused-ring (bicyclic) bond motifs is 7. The third-order valence-electron chi connectivity index (χ3n) is 18.4. The SMILES string of the molecule is COc1cc2c(cc1O)CC(=O)[C@@H]1CCCN1C2=O.COc1cc2c(cc1OCCCI)CC(=O)[C@@H]1CCCN1C2=O.COc1cc2c(cc1OCc1ccccc1)CC(=O)OC2=O.COc1cc2c(cc1OCc1ccccc1)CC(=O)[C@@H]1CCCN1C2=O.ICCCI.O=C(O)[C@@H]1CCCN1. The van der Waals surface area contributed by atoms with Gasteiger partial charge in [0.25, 0.3) is 17.7 Å². The molecular formula is C77H85I3N4O19. The molecule has 0 radical (unpaired) electrons. The van der Waals surface area contributed by atoms with Crippen molar-refractivity contribution in [1.29, 1.82) is 0 Å². The zero-order valence-electron chi connectivity index (χ0n) is 58.0. The first-order valence-electron chi connectivity index (χ1n) is 34.2. The van der Waals surface area contributed by atoms with Crippen LogP contribution in [0.25, 0.3) is 0 Å². The molecule has 4 atom stereocenters. The second kappa shape index (κ2) is 38.6. The Kier molecular flexibility index (Phi) is 29.6. The summed E-state index contributed by atoms with van der Waals surface area (Å²) in [6.45, 7) is 4.14. The lowest BCUT2D eigenvalue weighted by Crippen LogP contribution is -2.38. The molecule has 8 aliphatic heterocycles. The van der Waals surface area contributed by atoms with Crippen molar-refractivity contribution in [1.82, 2.24) is 20.0 Å². The third kappa shape index (κ3) is 20.2. The number of halogens is 3. The fourth-order valence-corrected chi connectivity index (χ4v) is 15.7. The summed E-state index contributed by atoms with van der Waals surface area (Å²) in [7, 11) is 6.06. The number of carboxylic acids is 1. The summed E-state index contributed by atoms with van der Waals surface area (Å²) in [4.78, 5) is 114. The Labute approximate surface area is 639 Å². The highest BCUT2D eigenvalue weighted by Crippen LogP contribution is 2.40. The van der Waals surface area contributed by atoms with Gasteiger partial charge in [0.1, 0.15) is 19.3 Å². The summed E-state index contributed by atoms with van der Waals surface area (Å²) in [6.07, 6.45) is 9.78. The van der Waals surface area contributed by atoms with Gasteiger partial charge in [0.15, 0.2) is 63.3 Å². The molecule has 548 valence electrons. The average Bonchev–Trinajstić information content (AvgIpc) is 1.76. The lowest BCUT2D eigenvalue weighted by atomic mass is 9.99. The Morgan fingerprint density at radius 1 is 0.476 bits per heavy atom. The summed E-state index contributed by atoms with van der Waals surface area (Å²) in [5.41, 5.74) is 6.62. The maximum absolute atomic E-state index is 12.9. The smallest absolute Gasteiger partial charge is 0.346 e. The van der Waals surface area contributed by atoms with Crippen LogP contribution < -0.4 is 38.5 Å². The van der Waals surface area contributed by atoms with E-state index in [1.165, 1.54) is 41.6 Å². The molecule has 6 aromatic carbocycles. The number of phenolic OH excluding ortho intramolecular Hbond substituents is 1. The molecule has 3 amide bonds. The van der Waals surface area contributed by atoms with Crippen LogP contribution in [0.5, 0.6) is 46.0 Å². The summed E-state index contributed by atoms with van der Waals surface area (Å²) < 4.78 is 46.8. The first-order valence-corrected chi connectivity index (χ1v) is 38.8. The molecule has 6 aromatic rings. The second-order valence-electron chi connectivity index (χ2n) is 25.2. The van der Waals surface area contributed by atoms with E-state index in [9.17, 15) is 48.3 Å². The number of nitrogens with zero attached hydrogens (tertiary/aromatic N) is 3. The highest BCUT2D eigenvalue weighted by atomic mass is 127.